The summed E-state index contributed by atoms with van der Waals surface area (Å²) >= 11 is 4.70. The molecule has 0 aliphatic rings. The number of amides is 2. The second kappa shape index (κ2) is 10.2. The first-order chi connectivity index (χ1) is 14.0. The van der Waals surface area contributed by atoms with Gasteiger partial charge in [-0.1, -0.05) is 33.6 Å². The fraction of sp³-hybridized carbons (Fsp3) is 0.190. The molecular weight excluding hydrogens is 454 g/mol. The summed E-state index contributed by atoms with van der Waals surface area (Å²) in [6.07, 6.45) is 0. The van der Waals surface area contributed by atoms with E-state index < -0.39 is 0 Å². The van der Waals surface area contributed by atoms with Crippen LogP contribution in [0, 0.1) is 6.92 Å². The van der Waals surface area contributed by atoms with Gasteiger partial charge in [0.25, 0.3) is 11.8 Å². The lowest BCUT2D eigenvalue weighted by Gasteiger charge is -2.06. The minimum absolute atomic E-state index is 0.184. The average Bonchev–Trinajstić information content (AvgIpc) is 3.20. The topological polar surface area (TPSA) is 80.3 Å². The van der Waals surface area contributed by atoms with Gasteiger partial charge >= 0.3 is 0 Å². The number of hydrogen-bond acceptors (Lipinski definition) is 5. The number of ether oxygens (including phenoxy) is 1. The van der Waals surface area contributed by atoms with Crippen LogP contribution in [0.15, 0.2) is 58.4 Å². The number of rotatable bonds is 8. The van der Waals surface area contributed by atoms with Gasteiger partial charge in [0.1, 0.15) is 23.1 Å². The molecule has 2 N–H and O–H groups in total. The normalized spacial score (nSPS) is 10.4. The number of aryl methyl sites for hydroxylation is 1. The highest BCUT2D eigenvalue weighted by atomic mass is 79.9. The van der Waals surface area contributed by atoms with Crippen molar-refractivity contribution in [2.45, 2.75) is 13.5 Å². The third-order valence-electron chi connectivity index (χ3n) is 3.97. The molecule has 0 fully saturated rings. The maximum Gasteiger partial charge on any atom is 0.270 e. The number of hydrogen-bond donors (Lipinski definition) is 2. The first kappa shape index (κ1) is 21.0. The van der Waals surface area contributed by atoms with Crippen LogP contribution in [-0.4, -0.2) is 29.9 Å². The van der Waals surface area contributed by atoms with Crippen LogP contribution in [0.25, 0.3) is 0 Å². The van der Waals surface area contributed by atoms with E-state index in [-0.39, 0.29) is 11.8 Å². The van der Waals surface area contributed by atoms with Crippen molar-refractivity contribution in [2.75, 3.05) is 13.1 Å². The molecular formula is C21H20BrN3O3S. The second-order valence-electron chi connectivity index (χ2n) is 6.25. The van der Waals surface area contributed by atoms with Crippen LogP contribution in [-0.2, 0) is 6.61 Å². The summed E-state index contributed by atoms with van der Waals surface area (Å²) in [7, 11) is 0. The molecule has 0 unspecified atom stereocenters. The van der Waals surface area contributed by atoms with Gasteiger partial charge < -0.3 is 15.4 Å². The highest BCUT2D eigenvalue weighted by Gasteiger charge is 2.11. The van der Waals surface area contributed by atoms with Crippen molar-refractivity contribution in [1.29, 1.82) is 0 Å². The monoisotopic (exact) mass is 473 g/mol. The molecule has 0 radical (unpaired) electrons. The number of nitrogens with zero attached hydrogens (tertiary/aromatic N) is 1. The number of carbonyl (C=O) groups excluding carboxylic acids is 2. The summed E-state index contributed by atoms with van der Waals surface area (Å²) in [6.45, 7) is 2.97. The fourth-order valence-electron chi connectivity index (χ4n) is 2.41. The molecule has 0 spiro atoms. The molecule has 0 bridgehead atoms. The van der Waals surface area contributed by atoms with Crippen molar-refractivity contribution < 1.29 is 14.3 Å². The van der Waals surface area contributed by atoms with Crippen molar-refractivity contribution in [3.63, 3.8) is 0 Å². The van der Waals surface area contributed by atoms with Crippen molar-refractivity contribution in [2.24, 2.45) is 0 Å². The molecule has 0 aliphatic heterocycles. The van der Waals surface area contributed by atoms with Crippen molar-refractivity contribution in [1.82, 2.24) is 15.6 Å². The van der Waals surface area contributed by atoms with Gasteiger partial charge in [-0.15, -0.1) is 11.3 Å². The summed E-state index contributed by atoms with van der Waals surface area (Å²) < 4.78 is 6.59. The largest absolute Gasteiger partial charge is 0.486 e. The maximum atomic E-state index is 12.2. The van der Waals surface area contributed by atoms with Gasteiger partial charge in [-0.2, -0.15) is 0 Å². The predicted octanol–water partition coefficient (Wildman–Crippen LogP) is 3.95. The molecule has 0 aliphatic carbocycles. The zero-order valence-electron chi connectivity index (χ0n) is 15.8. The smallest absolute Gasteiger partial charge is 0.270 e. The Balaban J connectivity index is 1.40. The van der Waals surface area contributed by atoms with E-state index in [1.54, 1.807) is 29.6 Å². The van der Waals surface area contributed by atoms with Crippen molar-refractivity contribution in [3.8, 4) is 5.75 Å². The van der Waals surface area contributed by atoms with E-state index >= 15 is 0 Å². The van der Waals surface area contributed by atoms with E-state index in [2.05, 4.69) is 31.5 Å². The average molecular weight is 474 g/mol. The Hall–Kier alpha value is -2.71. The van der Waals surface area contributed by atoms with Gasteiger partial charge in [0.05, 0.1) is 0 Å². The zero-order valence-corrected chi connectivity index (χ0v) is 18.2. The Kier molecular flexibility index (Phi) is 7.37. The van der Waals surface area contributed by atoms with Gasteiger partial charge in [-0.05, 0) is 43.3 Å². The molecule has 0 saturated heterocycles. The second-order valence-corrected chi connectivity index (χ2v) is 8.11. The van der Waals surface area contributed by atoms with Gasteiger partial charge in [0.2, 0.25) is 0 Å². The minimum atomic E-state index is -0.277. The Labute approximate surface area is 181 Å². The highest BCUT2D eigenvalue weighted by Crippen LogP contribution is 2.16. The Morgan fingerprint density at radius 1 is 1.00 bits per heavy atom. The van der Waals surface area contributed by atoms with Crippen molar-refractivity contribution in [3.05, 3.63) is 80.2 Å². The molecule has 3 aromatic rings. The van der Waals surface area contributed by atoms with Crippen LogP contribution in [0.5, 0.6) is 5.75 Å². The third kappa shape index (κ3) is 6.40. The Bertz CT molecular complexity index is 972. The van der Waals surface area contributed by atoms with E-state index in [4.69, 9.17) is 4.74 Å². The molecule has 3 rings (SSSR count). The number of benzene rings is 2. The molecule has 2 amide bonds. The van der Waals surface area contributed by atoms with E-state index in [0.29, 0.717) is 31.0 Å². The number of nitrogens with one attached hydrogen (secondary N) is 2. The molecule has 6 nitrogen and oxygen atoms in total. The van der Waals surface area contributed by atoms with E-state index in [9.17, 15) is 9.59 Å². The van der Waals surface area contributed by atoms with Crippen LogP contribution in [0.2, 0.25) is 0 Å². The van der Waals surface area contributed by atoms with Crippen molar-refractivity contribution >= 4 is 39.1 Å². The number of carbonyl (C=O) groups is 2. The van der Waals surface area contributed by atoms with Crippen LogP contribution < -0.4 is 15.4 Å². The van der Waals surface area contributed by atoms with E-state index in [1.165, 1.54) is 16.9 Å². The molecule has 1 heterocycles. The third-order valence-corrected chi connectivity index (χ3v) is 5.32. The lowest BCUT2D eigenvalue weighted by molar-refractivity contribution is 0.0925. The highest BCUT2D eigenvalue weighted by molar-refractivity contribution is 9.10. The predicted molar refractivity (Wildman–Crippen MR) is 116 cm³/mol. The number of aromatic nitrogens is 1. The van der Waals surface area contributed by atoms with E-state index in [0.717, 1.165) is 15.2 Å². The summed E-state index contributed by atoms with van der Waals surface area (Å²) in [6, 6.07) is 14.8. The number of thiazole rings is 1. The first-order valence-corrected chi connectivity index (χ1v) is 10.6. The Morgan fingerprint density at radius 3 is 2.34 bits per heavy atom. The lowest BCUT2D eigenvalue weighted by Crippen LogP contribution is -2.34. The van der Waals surface area contributed by atoms with Crippen LogP contribution in [0.4, 0.5) is 0 Å². The van der Waals surface area contributed by atoms with E-state index in [1.807, 2.05) is 31.2 Å². The first-order valence-electron chi connectivity index (χ1n) is 8.97. The molecule has 2 aromatic carbocycles. The molecule has 150 valence electrons. The summed E-state index contributed by atoms with van der Waals surface area (Å²) in [5.41, 5.74) is 2.08. The van der Waals surface area contributed by atoms with Crippen LogP contribution >= 0.6 is 27.3 Å². The van der Waals surface area contributed by atoms with Gasteiger partial charge in [-0.3, -0.25) is 9.59 Å². The van der Waals surface area contributed by atoms with Gasteiger partial charge in [-0.25, -0.2) is 4.98 Å². The minimum Gasteiger partial charge on any atom is -0.486 e. The van der Waals surface area contributed by atoms with Gasteiger partial charge in [0.15, 0.2) is 0 Å². The van der Waals surface area contributed by atoms with Crippen LogP contribution in [0.3, 0.4) is 0 Å². The Morgan fingerprint density at radius 2 is 1.66 bits per heavy atom. The quantitative estimate of drug-likeness (QED) is 0.485. The molecule has 29 heavy (non-hydrogen) atoms. The summed E-state index contributed by atoms with van der Waals surface area (Å²) in [5.74, 6) is 0.301. The SMILES string of the molecule is Cc1ccc(OCc2nc(C(=O)NCCNC(=O)c3ccc(Br)cc3)cs2)cc1. The standard InChI is InChI=1S/C21H20BrN3O3S/c1-14-2-8-17(9-3-14)28-12-19-25-18(13-29-19)21(27)24-11-10-23-20(26)15-4-6-16(22)7-5-15/h2-9,13H,10-12H2,1H3,(H,23,26)(H,24,27). The zero-order chi connectivity index (χ0) is 20.6. The fourth-order valence-corrected chi connectivity index (χ4v) is 3.36. The molecule has 1 aromatic heterocycles. The summed E-state index contributed by atoms with van der Waals surface area (Å²) in [4.78, 5) is 28.5. The molecule has 0 saturated carbocycles. The maximum absolute atomic E-state index is 12.2. The lowest BCUT2D eigenvalue weighted by atomic mass is 10.2. The summed E-state index contributed by atoms with van der Waals surface area (Å²) in [5, 5.41) is 7.94. The number of halogens is 1. The van der Waals surface area contributed by atoms with Gasteiger partial charge in [0, 0.05) is 28.5 Å². The molecule has 8 heteroatoms. The van der Waals surface area contributed by atoms with Crippen LogP contribution in [0.1, 0.15) is 31.4 Å². The molecule has 0 atom stereocenters.